The van der Waals surface area contributed by atoms with Gasteiger partial charge in [-0.25, -0.2) is 8.42 Å². The summed E-state index contributed by atoms with van der Waals surface area (Å²) < 4.78 is 24.4. The molecule has 0 unspecified atom stereocenters. The standard InChI is InChI=1S/C17H18ClNO3S/c1-12-6-7-13(2)16(10-12)19-17(20)8-9-23(21,22)15-5-3-4-14(18)11-15/h3-7,10-11H,8-9H2,1-2H3,(H,19,20). The molecule has 0 saturated carbocycles. The molecule has 23 heavy (non-hydrogen) atoms. The Labute approximate surface area is 141 Å². The van der Waals surface area contributed by atoms with Crippen LogP contribution in [0.4, 0.5) is 5.69 Å². The van der Waals surface area contributed by atoms with Gasteiger partial charge in [0.25, 0.3) is 0 Å². The third kappa shape index (κ3) is 4.81. The van der Waals surface area contributed by atoms with Crippen LogP contribution in [-0.2, 0) is 14.6 Å². The first-order valence-electron chi connectivity index (χ1n) is 7.13. The SMILES string of the molecule is Cc1ccc(C)c(NC(=O)CCS(=O)(=O)c2cccc(Cl)c2)c1. The van der Waals surface area contributed by atoms with Gasteiger partial charge in [-0.3, -0.25) is 4.79 Å². The van der Waals surface area contributed by atoms with Crippen LogP contribution in [0.3, 0.4) is 0 Å². The third-order valence-corrected chi connectivity index (χ3v) is 5.37. The highest BCUT2D eigenvalue weighted by Crippen LogP contribution is 2.19. The predicted octanol–water partition coefficient (Wildman–Crippen LogP) is 3.76. The maximum atomic E-state index is 12.2. The average Bonchev–Trinajstić information content (AvgIpc) is 2.49. The first-order valence-corrected chi connectivity index (χ1v) is 9.16. The van der Waals surface area contributed by atoms with E-state index in [1.54, 1.807) is 12.1 Å². The van der Waals surface area contributed by atoms with Gasteiger partial charge in [-0.2, -0.15) is 0 Å². The molecule has 0 aliphatic rings. The molecule has 0 saturated heterocycles. The fourth-order valence-corrected chi connectivity index (χ4v) is 3.63. The molecule has 2 aromatic rings. The summed E-state index contributed by atoms with van der Waals surface area (Å²) in [5.41, 5.74) is 2.66. The average molecular weight is 352 g/mol. The van der Waals surface area contributed by atoms with Crippen LogP contribution >= 0.6 is 11.6 Å². The van der Waals surface area contributed by atoms with Gasteiger partial charge in [-0.1, -0.05) is 29.8 Å². The Morgan fingerprint density at radius 2 is 1.87 bits per heavy atom. The summed E-state index contributed by atoms with van der Waals surface area (Å²) in [6.07, 6.45) is -0.109. The van der Waals surface area contributed by atoms with E-state index in [2.05, 4.69) is 5.32 Å². The molecule has 0 aromatic heterocycles. The maximum absolute atomic E-state index is 12.2. The lowest BCUT2D eigenvalue weighted by Crippen LogP contribution is -2.18. The van der Waals surface area contributed by atoms with E-state index >= 15 is 0 Å². The first-order chi connectivity index (χ1) is 10.8. The smallest absolute Gasteiger partial charge is 0.225 e. The highest BCUT2D eigenvalue weighted by Gasteiger charge is 2.17. The lowest BCUT2D eigenvalue weighted by atomic mass is 10.1. The van der Waals surface area contributed by atoms with Crippen molar-refractivity contribution < 1.29 is 13.2 Å². The summed E-state index contributed by atoms with van der Waals surface area (Å²) in [7, 11) is -3.53. The van der Waals surface area contributed by atoms with Gasteiger partial charge in [0, 0.05) is 17.1 Å². The second-order valence-corrected chi connectivity index (χ2v) is 7.94. The minimum atomic E-state index is -3.53. The molecular weight excluding hydrogens is 334 g/mol. The summed E-state index contributed by atoms with van der Waals surface area (Å²) in [4.78, 5) is 12.1. The Balaban J connectivity index is 2.02. The molecule has 6 heteroatoms. The van der Waals surface area contributed by atoms with Gasteiger partial charge in [0.2, 0.25) is 5.91 Å². The first kappa shape index (κ1) is 17.5. The van der Waals surface area contributed by atoms with Gasteiger partial charge in [0.05, 0.1) is 10.6 Å². The van der Waals surface area contributed by atoms with Crippen molar-refractivity contribution >= 4 is 33.0 Å². The van der Waals surface area contributed by atoms with Crippen molar-refractivity contribution in [2.75, 3.05) is 11.1 Å². The number of rotatable bonds is 5. The molecule has 2 rings (SSSR count). The fraction of sp³-hybridized carbons (Fsp3) is 0.235. The minimum Gasteiger partial charge on any atom is -0.326 e. The number of sulfone groups is 1. The minimum absolute atomic E-state index is 0.109. The molecule has 4 nitrogen and oxygen atoms in total. The second kappa shape index (κ2) is 7.15. The van der Waals surface area contributed by atoms with Crippen LogP contribution < -0.4 is 5.32 Å². The predicted molar refractivity (Wildman–Crippen MR) is 92.7 cm³/mol. The lowest BCUT2D eigenvalue weighted by molar-refractivity contribution is -0.115. The van der Waals surface area contributed by atoms with Crippen LogP contribution in [0.25, 0.3) is 0 Å². The zero-order chi connectivity index (χ0) is 17.0. The third-order valence-electron chi connectivity index (χ3n) is 3.42. The van der Waals surface area contributed by atoms with Crippen LogP contribution in [0, 0.1) is 13.8 Å². The monoisotopic (exact) mass is 351 g/mol. The van der Waals surface area contributed by atoms with E-state index < -0.39 is 9.84 Å². The Bertz CT molecular complexity index is 831. The number of hydrogen-bond donors (Lipinski definition) is 1. The van der Waals surface area contributed by atoms with Crippen molar-refractivity contribution in [3.63, 3.8) is 0 Å². The molecule has 1 amide bonds. The molecular formula is C17H18ClNO3S. The van der Waals surface area contributed by atoms with E-state index in [9.17, 15) is 13.2 Å². The van der Waals surface area contributed by atoms with Gasteiger partial charge in [0.15, 0.2) is 9.84 Å². The molecule has 1 N–H and O–H groups in total. The molecule has 0 aliphatic heterocycles. The number of nitrogens with one attached hydrogen (secondary N) is 1. The Morgan fingerprint density at radius 3 is 2.57 bits per heavy atom. The van der Waals surface area contributed by atoms with Crippen molar-refractivity contribution in [3.8, 4) is 0 Å². The number of aryl methyl sites for hydroxylation is 2. The highest BCUT2D eigenvalue weighted by molar-refractivity contribution is 7.91. The number of hydrogen-bond acceptors (Lipinski definition) is 3. The maximum Gasteiger partial charge on any atom is 0.225 e. The molecule has 0 heterocycles. The molecule has 0 aliphatic carbocycles. The zero-order valence-electron chi connectivity index (χ0n) is 13.0. The van der Waals surface area contributed by atoms with E-state index in [1.165, 1.54) is 12.1 Å². The Kier molecular flexibility index (Phi) is 5.44. The van der Waals surface area contributed by atoms with Gasteiger partial charge < -0.3 is 5.32 Å². The van der Waals surface area contributed by atoms with Crippen molar-refractivity contribution in [2.24, 2.45) is 0 Å². The second-order valence-electron chi connectivity index (χ2n) is 5.39. The number of benzene rings is 2. The van der Waals surface area contributed by atoms with Crippen molar-refractivity contribution in [1.29, 1.82) is 0 Å². The van der Waals surface area contributed by atoms with Crippen LogP contribution in [0.5, 0.6) is 0 Å². The van der Waals surface area contributed by atoms with Crippen LogP contribution in [0.15, 0.2) is 47.4 Å². The quantitative estimate of drug-likeness (QED) is 0.892. The largest absolute Gasteiger partial charge is 0.326 e. The van der Waals surface area contributed by atoms with E-state index in [4.69, 9.17) is 11.6 Å². The van der Waals surface area contributed by atoms with Gasteiger partial charge >= 0.3 is 0 Å². The van der Waals surface area contributed by atoms with E-state index in [0.717, 1.165) is 11.1 Å². The summed E-state index contributed by atoms with van der Waals surface area (Å²) in [6, 6.07) is 11.8. The van der Waals surface area contributed by atoms with Crippen LogP contribution in [0.1, 0.15) is 17.5 Å². The Morgan fingerprint density at radius 1 is 1.13 bits per heavy atom. The molecule has 2 aromatic carbocycles. The van der Waals surface area contributed by atoms with E-state index in [-0.39, 0.29) is 23.0 Å². The van der Waals surface area contributed by atoms with E-state index in [1.807, 2.05) is 32.0 Å². The van der Waals surface area contributed by atoms with Crippen molar-refractivity contribution in [2.45, 2.75) is 25.2 Å². The summed E-state index contributed by atoms with van der Waals surface area (Å²) in [5.74, 6) is -0.589. The number of halogens is 1. The number of carbonyl (C=O) groups excluding carboxylic acids is 1. The number of anilines is 1. The molecule has 122 valence electrons. The van der Waals surface area contributed by atoms with Crippen LogP contribution in [0.2, 0.25) is 5.02 Å². The molecule has 0 bridgehead atoms. The van der Waals surface area contributed by atoms with Crippen molar-refractivity contribution in [3.05, 3.63) is 58.6 Å². The van der Waals surface area contributed by atoms with Crippen molar-refractivity contribution in [1.82, 2.24) is 0 Å². The molecule has 0 spiro atoms. The normalized spacial score (nSPS) is 11.3. The highest BCUT2D eigenvalue weighted by atomic mass is 35.5. The number of carbonyl (C=O) groups is 1. The van der Waals surface area contributed by atoms with E-state index in [0.29, 0.717) is 10.7 Å². The molecule has 0 radical (unpaired) electrons. The van der Waals surface area contributed by atoms with Gasteiger partial charge in [-0.05, 0) is 49.2 Å². The number of amides is 1. The molecule has 0 atom stereocenters. The fourth-order valence-electron chi connectivity index (χ4n) is 2.09. The molecule has 0 fully saturated rings. The summed E-state index contributed by atoms with van der Waals surface area (Å²) in [5, 5.41) is 3.11. The zero-order valence-corrected chi connectivity index (χ0v) is 14.5. The Hall–Kier alpha value is -1.85. The van der Waals surface area contributed by atoms with Gasteiger partial charge in [0.1, 0.15) is 0 Å². The van der Waals surface area contributed by atoms with Crippen LogP contribution in [-0.4, -0.2) is 20.1 Å². The summed E-state index contributed by atoms with van der Waals surface area (Å²) in [6.45, 7) is 3.82. The summed E-state index contributed by atoms with van der Waals surface area (Å²) >= 11 is 5.81. The van der Waals surface area contributed by atoms with Gasteiger partial charge in [-0.15, -0.1) is 0 Å². The lowest BCUT2D eigenvalue weighted by Gasteiger charge is -2.10. The topological polar surface area (TPSA) is 63.2 Å².